The first kappa shape index (κ1) is 19.0. The first-order valence-electron chi connectivity index (χ1n) is 9.02. The minimum absolute atomic E-state index is 0.183. The van der Waals surface area contributed by atoms with E-state index in [4.69, 9.17) is 9.15 Å². The highest BCUT2D eigenvalue weighted by molar-refractivity contribution is 7.98. The van der Waals surface area contributed by atoms with Crippen LogP contribution in [0, 0.1) is 6.92 Å². The number of thioether (sulfide) groups is 1. The molecule has 0 saturated carbocycles. The van der Waals surface area contributed by atoms with Crippen LogP contribution in [0.5, 0.6) is 5.75 Å². The number of benzene rings is 2. The summed E-state index contributed by atoms with van der Waals surface area (Å²) in [4.78, 5) is 24.0. The fraction of sp³-hybridized carbons (Fsp3) is 0.136. The molecule has 0 spiro atoms. The Morgan fingerprint density at radius 3 is 2.52 bits per heavy atom. The topological polar surface area (TPSA) is 81.0 Å². The van der Waals surface area contributed by atoms with E-state index in [0.717, 1.165) is 28.3 Å². The second kappa shape index (κ2) is 8.36. The minimum Gasteiger partial charge on any atom is -0.497 e. The normalized spacial score (nSPS) is 10.8. The molecule has 0 saturated heterocycles. The number of ether oxygens (including phenoxy) is 1. The molecule has 0 atom stereocenters. The maximum Gasteiger partial charge on any atom is 0.252 e. The van der Waals surface area contributed by atoms with Gasteiger partial charge in [-0.15, -0.1) is 0 Å². The molecule has 1 N–H and O–H groups in total. The van der Waals surface area contributed by atoms with Gasteiger partial charge in [0.2, 0.25) is 5.89 Å². The summed E-state index contributed by atoms with van der Waals surface area (Å²) < 4.78 is 11.0. The quantitative estimate of drug-likeness (QED) is 0.370. The fourth-order valence-electron chi connectivity index (χ4n) is 2.82. The summed E-state index contributed by atoms with van der Waals surface area (Å²) in [6, 6.07) is 18.7. The number of hydrogen-bond donors (Lipinski definition) is 1. The predicted octanol–water partition coefficient (Wildman–Crippen LogP) is 4.70. The maximum absolute atomic E-state index is 12.1. The van der Waals surface area contributed by atoms with Crippen molar-refractivity contribution in [1.82, 2.24) is 15.0 Å². The van der Waals surface area contributed by atoms with Crippen LogP contribution >= 0.6 is 11.8 Å². The summed E-state index contributed by atoms with van der Waals surface area (Å²) in [5, 5.41) is 0.546. The molecule has 0 radical (unpaired) electrons. The van der Waals surface area contributed by atoms with E-state index in [1.54, 1.807) is 7.11 Å². The third-order valence-corrected chi connectivity index (χ3v) is 5.25. The molecule has 6 nitrogen and oxygen atoms in total. The molecular weight excluding hydrogens is 386 g/mol. The predicted molar refractivity (Wildman–Crippen MR) is 113 cm³/mol. The smallest absolute Gasteiger partial charge is 0.252 e. The number of rotatable bonds is 6. The van der Waals surface area contributed by atoms with Gasteiger partial charge in [0.1, 0.15) is 11.5 Å². The highest BCUT2D eigenvalue weighted by Gasteiger charge is 2.13. The Bertz CT molecular complexity index is 1170. The lowest BCUT2D eigenvalue weighted by Gasteiger charge is -2.03. The molecule has 0 aliphatic carbocycles. The molecule has 0 bridgehead atoms. The van der Waals surface area contributed by atoms with Crippen LogP contribution in [-0.4, -0.2) is 22.1 Å². The van der Waals surface area contributed by atoms with E-state index in [1.165, 1.54) is 17.8 Å². The van der Waals surface area contributed by atoms with Gasteiger partial charge in [0.15, 0.2) is 5.16 Å². The van der Waals surface area contributed by atoms with Crippen molar-refractivity contribution in [1.29, 1.82) is 0 Å². The summed E-state index contributed by atoms with van der Waals surface area (Å²) in [5.41, 5.74) is 3.06. The Morgan fingerprint density at radius 2 is 1.79 bits per heavy atom. The fourth-order valence-corrected chi connectivity index (χ4v) is 3.69. The Kier molecular flexibility index (Phi) is 5.48. The Morgan fingerprint density at radius 1 is 1.03 bits per heavy atom. The van der Waals surface area contributed by atoms with Crippen molar-refractivity contribution >= 4 is 11.8 Å². The summed E-state index contributed by atoms with van der Waals surface area (Å²) in [6.45, 7) is 1.88. The highest BCUT2D eigenvalue weighted by atomic mass is 32.2. The highest BCUT2D eigenvalue weighted by Crippen LogP contribution is 2.27. The van der Waals surface area contributed by atoms with Crippen molar-refractivity contribution in [2.75, 3.05) is 7.11 Å². The molecule has 0 aliphatic rings. The van der Waals surface area contributed by atoms with Gasteiger partial charge in [0, 0.05) is 22.9 Å². The third kappa shape index (κ3) is 4.41. The van der Waals surface area contributed by atoms with Gasteiger partial charge in [-0.1, -0.05) is 42.1 Å². The first-order valence-corrected chi connectivity index (χ1v) is 10.0. The standard InChI is InChI=1S/C22H19N3O3S/c1-14-19(23-21(28-14)16-8-10-17(27-2)11-9-16)13-29-22-24-18(12-20(26)25-22)15-6-4-3-5-7-15/h3-12H,13H2,1-2H3,(H,24,25,26). The molecule has 2 aromatic heterocycles. The molecule has 29 heavy (non-hydrogen) atoms. The van der Waals surface area contributed by atoms with Crippen LogP contribution in [0.2, 0.25) is 0 Å². The van der Waals surface area contributed by atoms with Crippen molar-refractivity contribution in [3.63, 3.8) is 0 Å². The summed E-state index contributed by atoms with van der Waals surface area (Å²) in [6.07, 6.45) is 0. The van der Waals surface area contributed by atoms with Crippen molar-refractivity contribution in [2.45, 2.75) is 17.8 Å². The van der Waals surface area contributed by atoms with E-state index >= 15 is 0 Å². The lowest BCUT2D eigenvalue weighted by atomic mass is 10.1. The van der Waals surface area contributed by atoms with E-state index in [0.29, 0.717) is 22.5 Å². The van der Waals surface area contributed by atoms with Crippen LogP contribution in [0.15, 0.2) is 75.0 Å². The number of aromatic nitrogens is 3. The van der Waals surface area contributed by atoms with Crippen molar-refractivity contribution in [3.8, 4) is 28.5 Å². The number of aromatic amines is 1. The van der Waals surface area contributed by atoms with Crippen molar-refractivity contribution in [2.24, 2.45) is 0 Å². The van der Waals surface area contributed by atoms with Crippen molar-refractivity contribution < 1.29 is 9.15 Å². The monoisotopic (exact) mass is 405 g/mol. The largest absolute Gasteiger partial charge is 0.497 e. The lowest BCUT2D eigenvalue weighted by molar-refractivity contribution is 0.415. The van der Waals surface area contributed by atoms with Crippen LogP contribution in [0.3, 0.4) is 0 Å². The molecule has 0 amide bonds. The number of methoxy groups -OCH3 is 1. The zero-order valence-corrected chi connectivity index (χ0v) is 16.8. The molecular formula is C22H19N3O3S. The number of oxazole rings is 1. The lowest BCUT2D eigenvalue weighted by Crippen LogP contribution is -2.08. The van der Waals surface area contributed by atoms with Crippen LogP contribution in [0.1, 0.15) is 11.5 Å². The molecule has 2 heterocycles. The molecule has 2 aromatic carbocycles. The molecule has 146 valence electrons. The van der Waals surface area contributed by atoms with Crippen molar-refractivity contribution in [3.05, 3.63) is 82.5 Å². The molecule has 0 unspecified atom stereocenters. The molecule has 4 aromatic rings. The molecule has 0 fully saturated rings. The van der Waals surface area contributed by atoms with Gasteiger partial charge < -0.3 is 14.1 Å². The Labute approximate surface area is 172 Å². The summed E-state index contributed by atoms with van der Waals surface area (Å²) >= 11 is 1.42. The van der Waals surface area contributed by atoms with Gasteiger partial charge in [-0.05, 0) is 31.2 Å². The first-order chi connectivity index (χ1) is 14.1. The molecule has 4 rings (SSSR count). The maximum atomic E-state index is 12.1. The minimum atomic E-state index is -0.183. The van der Waals surface area contributed by atoms with Crippen LogP contribution in [0.4, 0.5) is 0 Å². The summed E-state index contributed by atoms with van der Waals surface area (Å²) in [7, 11) is 1.63. The van der Waals surface area contributed by atoms with Gasteiger partial charge in [0.05, 0.1) is 18.5 Å². The van der Waals surface area contributed by atoms with Crippen LogP contribution < -0.4 is 10.3 Å². The number of hydrogen-bond acceptors (Lipinski definition) is 6. The summed E-state index contributed by atoms with van der Waals surface area (Å²) in [5.74, 6) is 2.61. The van der Waals surface area contributed by atoms with Gasteiger partial charge in [-0.2, -0.15) is 0 Å². The van der Waals surface area contributed by atoms with E-state index in [1.807, 2.05) is 61.5 Å². The molecule has 0 aliphatic heterocycles. The Balaban J connectivity index is 1.53. The SMILES string of the molecule is COc1ccc(-c2nc(CSc3nc(-c4ccccc4)cc(=O)[nH]3)c(C)o2)cc1. The number of aryl methyl sites for hydroxylation is 1. The number of nitrogens with zero attached hydrogens (tertiary/aromatic N) is 2. The van der Waals surface area contributed by atoms with Gasteiger partial charge in [-0.3, -0.25) is 4.79 Å². The van der Waals surface area contributed by atoms with Crippen LogP contribution in [-0.2, 0) is 5.75 Å². The zero-order valence-electron chi connectivity index (χ0n) is 16.0. The Hall–Kier alpha value is -3.32. The van der Waals surface area contributed by atoms with E-state index in [9.17, 15) is 4.79 Å². The second-order valence-corrected chi connectivity index (χ2v) is 7.30. The average molecular weight is 405 g/mol. The average Bonchev–Trinajstić information content (AvgIpc) is 3.13. The number of H-pyrrole nitrogens is 1. The van der Waals surface area contributed by atoms with Gasteiger partial charge in [0.25, 0.3) is 5.56 Å². The van der Waals surface area contributed by atoms with Gasteiger partial charge >= 0.3 is 0 Å². The van der Waals surface area contributed by atoms with E-state index < -0.39 is 0 Å². The zero-order chi connectivity index (χ0) is 20.2. The second-order valence-electron chi connectivity index (χ2n) is 6.34. The van der Waals surface area contributed by atoms with E-state index in [2.05, 4.69) is 15.0 Å². The molecule has 7 heteroatoms. The third-order valence-electron chi connectivity index (χ3n) is 4.36. The number of nitrogens with one attached hydrogen (secondary N) is 1. The van der Waals surface area contributed by atoms with Crippen LogP contribution in [0.25, 0.3) is 22.7 Å². The van der Waals surface area contributed by atoms with Gasteiger partial charge in [-0.25, -0.2) is 9.97 Å². The van der Waals surface area contributed by atoms with E-state index in [-0.39, 0.29) is 5.56 Å².